The van der Waals surface area contributed by atoms with Crippen LogP contribution < -0.4 is 15.3 Å². The molecule has 3 atom stereocenters. The number of aliphatic carboxylic acids is 2. The number of nitrogens with zero attached hydrogens (tertiary/aromatic N) is 2. The number of hydrogen-bond acceptors (Lipinski definition) is 11. The number of ether oxygens (including phenoxy) is 1. The minimum Gasteiger partial charge on any atom is -0.492 e. The van der Waals surface area contributed by atoms with Crippen LogP contribution in [0.4, 0.5) is 11.4 Å². The molecular weight excluding hydrogens is 664 g/mol. The van der Waals surface area contributed by atoms with Crippen LogP contribution in [0.2, 0.25) is 0 Å². The van der Waals surface area contributed by atoms with Gasteiger partial charge in [-0.3, -0.25) is 0 Å². The highest BCUT2D eigenvalue weighted by Crippen LogP contribution is 2.48. The van der Waals surface area contributed by atoms with Gasteiger partial charge in [0, 0.05) is 46.3 Å². The Bertz CT molecular complexity index is 1940. The molecule has 0 fully saturated rings. The zero-order chi connectivity index (χ0) is 36.7. The number of para-hydroxylation sites is 2. The van der Waals surface area contributed by atoms with Crippen LogP contribution in [0.1, 0.15) is 32.4 Å². The summed E-state index contributed by atoms with van der Waals surface area (Å²) in [5.74, 6) is -1.15. The van der Waals surface area contributed by atoms with Gasteiger partial charge in [-0.15, -0.1) is 0 Å². The largest absolute Gasteiger partial charge is 0.492 e. The fourth-order valence-electron chi connectivity index (χ4n) is 5.49. The number of carbonyl (C=O) groups is 2. The van der Waals surface area contributed by atoms with E-state index in [-0.39, 0.29) is 11.5 Å². The summed E-state index contributed by atoms with van der Waals surface area (Å²) in [6.07, 6.45) is -4.53. The van der Waals surface area contributed by atoms with E-state index in [1.54, 1.807) is 19.2 Å². The molecule has 3 aromatic carbocycles. The summed E-state index contributed by atoms with van der Waals surface area (Å²) in [5, 5.41) is 34.3. The molecule has 4 N–H and O–H groups in total. The lowest BCUT2D eigenvalue weighted by Gasteiger charge is -2.35. The van der Waals surface area contributed by atoms with Crippen LogP contribution in [0.25, 0.3) is 21.9 Å². The maximum Gasteiger partial charge on any atom is 0.336 e. The van der Waals surface area contributed by atoms with Crippen molar-refractivity contribution in [1.82, 2.24) is 4.90 Å². The average molecular weight is 707 g/mol. The molecule has 1 aliphatic heterocycles. The number of fused-ring (bicyclic) bond motifs is 4. The topological polar surface area (TPSA) is 174 Å². The Hall–Kier alpha value is -4.82. The van der Waals surface area contributed by atoms with Crippen molar-refractivity contribution in [1.29, 1.82) is 0 Å². The molecule has 0 saturated heterocycles. The Morgan fingerprint density at radius 1 is 0.840 bits per heavy atom. The first-order valence-electron chi connectivity index (χ1n) is 15.9. The van der Waals surface area contributed by atoms with Crippen LogP contribution >= 0.6 is 11.8 Å². The molecule has 0 amide bonds. The molecule has 0 radical (unpaired) electrons. The first-order chi connectivity index (χ1) is 23.7. The van der Waals surface area contributed by atoms with Gasteiger partial charge < -0.3 is 43.8 Å². The minimum absolute atomic E-state index is 0.220. The first-order valence-corrected chi connectivity index (χ1v) is 16.7. The van der Waals surface area contributed by atoms with Gasteiger partial charge in [0.2, 0.25) is 0 Å². The van der Waals surface area contributed by atoms with E-state index in [2.05, 4.69) is 79.3 Å². The molecule has 3 unspecified atom stereocenters. The van der Waals surface area contributed by atoms with E-state index in [1.807, 2.05) is 31.7 Å². The van der Waals surface area contributed by atoms with Crippen LogP contribution in [0.15, 0.2) is 96.2 Å². The second-order valence-corrected chi connectivity index (χ2v) is 13.5. The van der Waals surface area contributed by atoms with Gasteiger partial charge in [0.15, 0.2) is 18.0 Å². The van der Waals surface area contributed by atoms with Gasteiger partial charge in [-0.2, -0.15) is 0 Å². The van der Waals surface area contributed by atoms with Crippen LogP contribution in [0.5, 0.6) is 5.75 Å². The SMILES string of the molecule is CC(CN(C)C)CN1c2ccccc2Sc2ccccc21.COc1c(C(C)C)oc2cc3oc(=O)ccc3cc12.O=C(O)C(O)C(O)C(=O)O. The van der Waals surface area contributed by atoms with Gasteiger partial charge in [0.05, 0.1) is 23.9 Å². The molecule has 13 heteroatoms. The lowest BCUT2D eigenvalue weighted by molar-refractivity contribution is -0.165. The van der Waals surface area contributed by atoms with Gasteiger partial charge >= 0.3 is 17.6 Å². The Morgan fingerprint density at radius 3 is 1.90 bits per heavy atom. The molecular formula is C37H42N2O10S. The Morgan fingerprint density at radius 2 is 1.40 bits per heavy atom. The highest BCUT2D eigenvalue weighted by Gasteiger charge is 2.29. The van der Waals surface area contributed by atoms with Gasteiger partial charge in [0.25, 0.3) is 0 Å². The second kappa shape index (κ2) is 16.7. The van der Waals surface area contributed by atoms with Crippen LogP contribution in [-0.4, -0.2) is 83.8 Å². The fraction of sp³-hybridized carbons (Fsp3) is 0.324. The number of methoxy groups -OCH3 is 1. The number of carboxylic acid groups (broad SMARTS) is 2. The fourth-order valence-corrected chi connectivity index (χ4v) is 6.58. The molecule has 1 aliphatic rings. The van der Waals surface area contributed by atoms with Gasteiger partial charge in [-0.1, -0.05) is 56.8 Å². The molecule has 3 heterocycles. The van der Waals surface area contributed by atoms with Crippen LogP contribution in [-0.2, 0) is 9.59 Å². The quantitative estimate of drug-likeness (QED) is 0.131. The van der Waals surface area contributed by atoms with Crippen molar-refractivity contribution >= 4 is 57.0 Å². The first kappa shape index (κ1) is 38.0. The number of carboxylic acids is 2. The third-order valence-corrected chi connectivity index (χ3v) is 8.78. The summed E-state index contributed by atoms with van der Waals surface area (Å²) in [4.78, 5) is 38.2. The number of aliphatic hydroxyl groups is 2. The van der Waals surface area contributed by atoms with Crippen molar-refractivity contribution in [2.24, 2.45) is 5.92 Å². The van der Waals surface area contributed by atoms with Crippen molar-refractivity contribution in [3.05, 3.63) is 89.0 Å². The number of rotatable bonds is 9. The van der Waals surface area contributed by atoms with E-state index in [4.69, 9.17) is 34.0 Å². The maximum absolute atomic E-state index is 11.2. The maximum atomic E-state index is 11.2. The van der Waals surface area contributed by atoms with Gasteiger partial charge in [0.1, 0.15) is 16.9 Å². The molecule has 0 saturated carbocycles. The highest BCUT2D eigenvalue weighted by molar-refractivity contribution is 7.99. The number of hydrogen-bond donors (Lipinski definition) is 4. The minimum atomic E-state index is -2.27. The standard InChI is InChI=1S/C18H22N2S.C15H14O4.C4H6O6/c1-14(12-19(2)3)13-20-15-8-4-6-10-17(15)21-18-11-7-5-9-16(18)20;1-8(2)14-15(17-3)10-6-9-4-5-13(16)18-11(9)7-12(10)19-14;5-1(3(7)8)2(6)4(9)10/h4-11,14H,12-13H2,1-3H3;4-8H,1-3H3;1-2,5-6H,(H,7,8)(H,9,10). The lowest BCUT2D eigenvalue weighted by atomic mass is 10.1. The summed E-state index contributed by atoms with van der Waals surface area (Å²) in [7, 11) is 5.92. The molecule has 2 aromatic heterocycles. The van der Waals surface area contributed by atoms with Gasteiger partial charge in [-0.05, 0) is 56.4 Å². The number of aliphatic hydroxyl groups excluding tert-OH is 2. The lowest BCUT2D eigenvalue weighted by Crippen LogP contribution is -2.39. The highest BCUT2D eigenvalue weighted by atomic mass is 32.2. The van der Waals surface area contributed by atoms with Gasteiger partial charge in [-0.25, -0.2) is 14.4 Å². The Kier molecular flexibility index (Phi) is 12.7. The van der Waals surface area contributed by atoms with Crippen molar-refractivity contribution in [3.63, 3.8) is 0 Å². The van der Waals surface area contributed by atoms with E-state index in [0.29, 0.717) is 17.1 Å². The normalized spacial score (nSPS) is 13.8. The molecule has 6 rings (SSSR count). The summed E-state index contributed by atoms with van der Waals surface area (Å²) in [5.41, 5.74) is 3.50. The van der Waals surface area contributed by atoms with Crippen LogP contribution in [0, 0.1) is 5.92 Å². The van der Waals surface area contributed by atoms with Crippen molar-refractivity contribution in [3.8, 4) is 5.75 Å². The summed E-state index contributed by atoms with van der Waals surface area (Å²) in [6.45, 7) is 8.56. The van der Waals surface area contributed by atoms with E-state index in [0.717, 1.165) is 35.4 Å². The predicted molar refractivity (Wildman–Crippen MR) is 192 cm³/mol. The third-order valence-electron chi connectivity index (χ3n) is 7.65. The average Bonchev–Trinajstić information content (AvgIpc) is 3.44. The van der Waals surface area contributed by atoms with Crippen LogP contribution in [0.3, 0.4) is 0 Å². The molecule has 12 nitrogen and oxygen atoms in total. The Labute approximate surface area is 293 Å². The van der Waals surface area contributed by atoms with Crippen molar-refractivity contribution in [2.75, 3.05) is 39.2 Å². The smallest absolute Gasteiger partial charge is 0.336 e. The Balaban J connectivity index is 0.000000180. The van der Waals surface area contributed by atoms with E-state index < -0.39 is 24.1 Å². The third kappa shape index (κ3) is 9.04. The summed E-state index contributed by atoms with van der Waals surface area (Å²) < 4.78 is 16.4. The van der Waals surface area contributed by atoms with Crippen molar-refractivity contribution in [2.45, 2.75) is 48.7 Å². The monoisotopic (exact) mass is 706 g/mol. The molecule has 5 aromatic rings. The molecule has 0 bridgehead atoms. The summed E-state index contributed by atoms with van der Waals surface area (Å²) >= 11 is 1.88. The van der Waals surface area contributed by atoms with E-state index in [1.165, 1.54) is 27.2 Å². The molecule has 50 heavy (non-hydrogen) atoms. The number of benzene rings is 3. The van der Waals surface area contributed by atoms with E-state index in [9.17, 15) is 14.4 Å². The molecule has 0 aliphatic carbocycles. The predicted octanol–water partition coefficient (Wildman–Crippen LogP) is 6.04. The second-order valence-electron chi connectivity index (χ2n) is 12.4. The zero-order valence-electron chi connectivity index (χ0n) is 28.7. The summed E-state index contributed by atoms with van der Waals surface area (Å²) in [6, 6.07) is 24.2. The van der Waals surface area contributed by atoms with Crippen molar-refractivity contribution < 1.29 is 43.6 Å². The zero-order valence-corrected chi connectivity index (χ0v) is 29.5. The number of furan rings is 1. The molecule has 266 valence electrons. The van der Waals surface area contributed by atoms with E-state index >= 15 is 0 Å². The number of anilines is 2. The molecule has 0 spiro atoms.